The molecule has 1 N–H and O–H groups in total. The first-order chi connectivity index (χ1) is 12.1. The van der Waals surface area contributed by atoms with Gasteiger partial charge < -0.3 is 9.32 Å². The first-order valence-electron chi connectivity index (χ1n) is 7.86. The standard InChI is InChI=1S/C17H17ClN4O2S/c1-3-22(4-2)12-7-5-11(6-8-12)15(23)19-17-21-20-16(24-17)13-9-10-14(18)25-13/h5-10H,3-4H2,1-2H3,(H,19,21,23). The number of hydrogen-bond acceptors (Lipinski definition) is 6. The SMILES string of the molecule is CCN(CC)c1ccc(C(=O)Nc2nnc(-c3ccc(Cl)s3)o2)cc1. The fourth-order valence-electron chi connectivity index (χ4n) is 2.38. The minimum atomic E-state index is -0.300. The van der Waals surface area contributed by atoms with Crippen LogP contribution in [0.4, 0.5) is 11.7 Å². The number of nitrogens with zero attached hydrogens (tertiary/aromatic N) is 3. The molecule has 0 aliphatic carbocycles. The van der Waals surface area contributed by atoms with Gasteiger partial charge in [0.15, 0.2) is 0 Å². The lowest BCUT2D eigenvalue weighted by atomic mass is 10.2. The largest absolute Gasteiger partial charge is 0.402 e. The fourth-order valence-corrected chi connectivity index (χ4v) is 3.35. The molecule has 1 aromatic carbocycles. The van der Waals surface area contributed by atoms with Crippen molar-refractivity contribution in [2.75, 3.05) is 23.3 Å². The zero-order chi connectivity index (χ0) is 17.8. The molecule has 0 spiro atoms. The third-order valence-corrected chi connectivity index (χ3v) is 4.91. The molecule has 8 heteroatoms. The number of benzene rings is 1. The van der Waals surface area contributed by atoms with Gasteiger partial charge in [-0.25, -0.2) is 0 Å². The predicted molar refractivity (Wildman–Crippen MR) is 101 cm³/mol. The minimum Gasteiger partial charge on any atom is -0.402 e. The topological polar surface area (TPSA) is 71.3 Å². The third kappa shape index (κ3) is 4.00. The molecular weight excluding hydrogens is 360 g/mol. The summed E-state index contributed by atoms with van der Waals surface area (Å²) in [4.78, 5) is 15.3. The van der Waals surface area contributed by atoms with Gasteiger partial charge in [0.2, 0.25) is 0 Å². The molecule has 2 heterocycles. The van der Waals surface area contributed by atoms with Crippen molar-refractivity contribution in [2.45, 2.75) is 13.8 Å². The Labute approximate surface area is 154 Å². The molecule has 0 radical (unpaired) electrons. The molecule has 25 heavy (non-hydrogen) atoms. The number of nitrogens with one attached hydrogen (secondary N) is 1. The molecule has 2 aromatic heterocycles. The summed E-state index contributed by atoms with van der Waals surface area (Å²) in [7, 11) is 0. The van der Waals surface area contributed by atoms with Crippen LogP contribution in [0.1, 0.15) is 24.2 Å². The van der Waals surface area contributed by atoms with E-state index in [4.69, 9.17) is 16.0 Å². The van der Waals surface area contributed by atoms with E-state index in [0.717, 1.165) is 23.7 Å². The van der Waals surface area contributed by atoms with Gasteiger partial charge in [0, 0.05) is 24.3 Å². The lowest BCUT2D eigenvalue weighted by Gasteiger charge is -2.20. The van der Waals surface area contributed by atoms with E-state index in [9.17, 15) is 4.79 Å². The summed E-state index contributed by atoms with van der Waals surface area (Å²) in [5, 5.41) is 10.4. The highest BCUT2D eigenvalue weighted by Crippen LogP contribution is 2.30. The normalized spacial score (nSPS) is 10.7. The zero-order valence-corrected chi connectivity index (χ0v) is 15.4. The van der Waals surface area contributed by atoms with E-state index in [-0.39, 0.29) is 11.9 Å². The summed E-state index contributed by atoms with van der Waals surface area (Å²) >= 11 is 7.22. The number of rotatable bonds is 6. The lowest BCUT2D eigenvalue weighted by Crippen LogP contribution is -2.21. The Balaban J connectivity index is 1.69. The Hall–Kier alpha value is -2.38. The highest BCUT2D eigenvalue weighted by molar-refractivity contribution is 7.19. The van der Waals surface area contributed by atoms with E-state index >= 15 is 0 Å². The highest BCUT2D eigenvalue weighted by Gasteiger charge is 2.14. The number of carbonyl (C=O) groups is 1. The van der Waals surface area contributed by atoms with E-state index in [1.807, 2.05) is 12.1 Å². The number of aromatic nitrogens is 2. The van der Waals surface area contributed by atoms with E-state index in [1.165, 1.54) is 11.3 Å². The molecular formula is C17H17ClN4O2S. The number of carbonyl (C=O) groups excluding carboxylic acids is 1. The van der Waals surface area contributed by atoms with Gasteiger partial charge in [-0.15, -0.1) is 16.4 Å². The van der Waals surface area contributed by atoms with Crippen molar-refractivity contribution < 1.29 is 9.21 Å². The number of halogens is 1. The molecule has 130 valence electrons. The summed E-state index contributed by atoms with van der Waals surface area (Å²) < 4.78 is 6.09. The molecule has 1 amide bonds. The molecule has 0 atom stereocenters. The molecule has 0 unspecified atom stereocenters. The van der Waals surface area contributed by atoms with Crippen molar-refractivity contribution in [1.29, 1.82) is 0 Å². The second kappa shape index (κ2) is 7.67. The van der Waals surface area contributed by atoms with Crippen molar-refractivity contribution in [3.63, 3.8) is 0 Å². The first-order valence-corrected chi connectivity index (χ1v) is 9.05. The summed E-state index contributed by atoms with van der Waals surface area (Å²) in [6, 6.07) is 11.0. The molecule has 0 aliphatic heterocycles. The summed E-state index contributed by atoms with van der Waals surface area (Å²) in [5.41, 5.74) is 1.60. The van der Waals surface area contributed by atoms with E-state index in [1.54, 1.807) is 24.3 Å². The van der Waals surface area contributed by atoms with Crippen molar-refractivity contribution >= 4 is 40.5 Å². The molecule has 0 fully saturated rings. The maximum absolute atomic E-state index is 12.3. The molecule has 0 aliphatic rings. The van der Waals surface area contributed by atoms with Gasteiger partial charge in [-0.1, -0.05) is 16.7 Å². The van der Waals surface area contributed by atoms with Crippen molar-refractivity contribution in [2.24, 2.45) is 0 Å². The molecule has 3 aromatic rings. The molecule has 6 nitrogen and oxygen atoms in total. The Morgan fingerprint density at radius 1 is 1.16 bits per heavy atom. The van der Waals surface area contributed by atoms with Gasteiger partial charge in [0.25, 0.3) is 11.8 Å². The van der Waals surface area contributed by atoms with Gasteiger partial charge in [-0.05, 0) is 50.2 Å². The van der Waals surface area contributed by atoms with Crippen LogP contribution < -0.4 is 10.2 Å². The zero-order valence-electron chi connectivity index (χ0n) is 13.8. The average molecular weight is 377 g/mol. The third-order valence-electron chi connectivity index (χ3n) is 3.69. The van der Waals surface area contributed by atoms with Crippen molar-refractivity contribution in [1.82, 2.24) is 10.2 Å². The van der Waals surface area contributed by atoms with Gasteiger partial charge in [-0.3, -0.25) is 10.1 Å². The fraction of sp³-hybridized carbons (Fsp3) is 0.235. The van der Waals surface area contributed by atoms with Crippen LogP contribution in [0, 0.1) is 0 Å². The van der Waals surface area contributed by atoms with Crippen molar-refractivity contribution in [3.8, 4) is 10.8 Å². The molecule has 0 saturated carbocycles. The van der Waals surface area contributed by atoms with Crippen LogP contribution in [0.5, 0.6) is 0 Å². The predicted octanol–water partition coefficient (Wildman–Crippen LogP) is 4.55. The van der Waals surface area contributed by atoms with Crippen LogP contribution in [0.15, 0.2) is 40.8 Å². The Morgan fingerprint density at radius 3 is 2.48 bits per heavy atom. The quantitative estimate of drug-likeness (QED) is 0.683. The van der Waals surface area contributed by atoms with E-state index in [2.05, 4.69) is 34.3 Å². The summed E-state index contributed by atoms with van der Waals surface area (Å²) in [6.45, 7) is 6.02. The number of thiophene rings is 1. The van der Waals surface area contributed by atoms with Gasteiger partial charge in [0.05, 0.1) is 9.21 Å². The number of amides is 1. The number of hydrogen-bond donors (Lipinski definition) is 1. The van der Waals surface area contributed by atoms with E-state index < -0.39 is 0 Å². The average Bonchev–Trinajstić information content (AvgIpc) is 3.25. The van der Waals surface area contributed by atoms with Gasteiger partial charge in [0.1, 0.15) is 0 Å². The maximum atomic E-state index is 12.3. The number of anilines is 2. The summed E-state index contributed by atoms with van der Waals surface area (Å²) in [5.74, 6) is 0.0228. The Kier molecular flexibility index (Phi) is 5.35. The second-order valence-corrected chi connectivity index (χ2v) is 6.90. The second-order valence-electron chi connectivity index (χ2n) is 5.19. The lowest BCUT2D eigenvalue weighted by molar-refractivity contribution is 0.102. The molecule has 0 saturated heterocycles. The van der Waals surface area contributed by atoms with Crippen LogP contribution in [0.25, 0.3) is 10.8 Å². The monoisotopic (exact) mass is 376 g/mol. The molecule has 3 rings (SSSR count). The van der Waals surface area contributed by atoms with Crippen LogP contribution in [0.2, 0.25) is 4.34 Å². The summed E-state index contributed by atoms with van der Waals surface area (Å²) in [6.07, 6.45) is 0. The molecule has 0 bridgehead atoms. The van der Waals surface area contributed by atoms with E-state index in [0.29, 0.717) is 15.8 Å². The van der Waals surface area contributed by atoms with Crippen molar-refractivity contribution in [3.05, 3.63) is 46.3 Å². The smallest absolute Gasteiger partial charge is 0.322 e. The Morgan fingerprint density at radius 2 is 1.88 bits per heavy atom. The highest BCUT2D eigenvalue weighted by atomic mass is 35.5. The maximum Gasteiger partial charge on any atom is 0.322 e. The Bertz CT molecular complexity index is 856. The van der Waals surface area contributed by atoms with Crippen LogP contribution in [-0.2, 0) is 0 Å². The van der Waals surface area contributed by atoms with Crippen LogP contribution in [0.3, 0.4) is 0 Å². The van der Waals surface area contributed by atoms with Gasteiger partial charge in [-0.2, -0.15) is 0 Å². The van der Waals surface area contributed by atoms with Crippen LogP contribution in [-0.4, -0.2) is 29.2 Å². The first kappa shape index (κ1) is 17.4. The minimum absolute atomic E-state index is 0.0531. The van der Waals surface area contributed by atoms with Crippen LogP contribution >= 0.6 is 22.9 Å². The van der Waals surface area contributed by atoms with Gasteiger partial charge >= 0.3 is 6.01 Å².